The zero-order valence-corrected chi connectivity index (χ0v) is 18.3. The standard InChI is InChI=1S/C23H28ClFN2O3/c1-4-20(23(29)26-13-16(2)3)27(14-17-9-11-18(25)12-10-17)22(28)15-30-21-8-6-5-7-19(21)24/h5-12,16,20H,4,13-15H2,1-3H3,(H,26,29). The van der Waals surface area contributed by atoms with Gasteiger partial charge in [-0.3, -0.25) is 9.59 Å². The second kappa shape index (κ2) is 11.6. The molecule has 2 aromatic rings. The Hall–Kier alpha value is -2.60. The summed E-state index contributed by atoms with van der Waals surface area (Å²) in [5.41, 5.74) is 0.720. The summed E-state index contributed by atoms with van der Waals surface area (Å²) in [5.74, 6) is -0.256. The average molecular weight is 435 g/mol. The number of hydrogen-bond donors (Lipinski definition) is 1. The summed E-state index contributed by atoms with van der Waals surface area (Å²) in [4.78, 5) is 27.3. The van der Waals surface area contributed by atoms with Gasteiger partial charge in [0.2, 0.25) is 5.91 Å². The lowest BCUT2D eigenvalue weighted by molar-refractivity contribution is -0.143. The van der Waals surface area contributed by atoms with Crippen molar-refractivity contribution in [3.05, 3.63) is 64.9 Å². The van der Waals surface area contributed by atoms with Crippen LogP contribution in [0.5, 0.6) is 5.75 Å². The molecule has 0 saturated carbocycles. The van der Waals surface area contributed by atoms with Crippen LogP contribution in [0.3, 0.4) is 0 Å². The third kappa shape index (κ3) is 7.02. The number of rotatable bonds is 10. The van der Waals surface area contributed by atoms with E-state index < -0.39 is 6.04 Å². The van der Waals surface area contributed by atoms with Crippen molar-refractivity contribution >= 4 is 23.4 Å². The molecule has 0 aromatic heterocycles. The molecule has 0 radical (unpaired) electrons. The number of benzene rings is 2. The molecule has 7 heteroatoms. The quantitative estimate of drug-likeness (QED) is 0.601. The molecule has 0 saturated heterocycles. The van der Waals surface area contributed by atoms with E-state index in [-0.39, 0.29) is 36.7 Å². The predicted octanol–water partition coefficient (Wildman–Crippen LogP) is 4.44. The number of carbonyl (C=O) groups excluding carboxylic acids is 2. The van der Waals surface area contributed by atoms with E-state index in [1.807, 2.05) is 20.8 Å². The molecule has 162 valence electrons. The maximum Gasteiger partial charge on any atom is 0.261 e. The van der Waals surface area contributed by atoms with Crippen LogP contribution in [-0.2, 0) is 16.1 Å². The third-order valence-corrected chi connectivity index (χ3v) is 4.84. The van der Waals surface area contributed by atoms with Crippen LogP contribution >= 0.6 is 11.6 Å². The van der Waals surface area contributed by atoms with Gasteiger partial charge in [-0.2, -0.15) is 0 Å². The summed E-state index contributed by atoms with van der Waals surface area (Å²) >= 11 is 6.09. The molecule has 2 rings (SSSR count). The van der Waals surface area contributed by atoms with Crippen molar-refractivity contribution in [1.29, 1.82) is 0 Å². The summed E-state index contributed by atoms with van der Waals surface area (Å²) in [6.07, 6.45) is 0.433. The number of para-hydroxylation sites is 1. The fourth-order valence-electron chi connectivity index (χ4n) is 2.91. The van der Waals surface area contributed by atoms with Gasteiger partial charge >= 0.3 is 0 Å². The Morgan fingerprint density at radius 3 is 2.40 bits per heavy atom. The SMILES string of the molecule is CCC(C(=O)NCC(C)C)N(Cc1ccc(F)cc1)C(=O)COc1ccccc1Cl. The molecular weight excluding hydrogens is 407 g/mol. The monoisotopic (exact) mass is 434 g/mol. The van der Waals surface area contributed by atoms with Crippen LogP contribution in [0.2, 0.25) is 5.02 Å². The lowest BCUT2D eigenvalue weighted by Crippen LogP contribution is -2.50. The highest BCUT2D eigenvalue weighted by Gasteiger charge is 2.29. The number of halogens is 2. The number of hydrogen-bond acceptors (Lipinski definition) is 3. The lowest BCUT2D eigenvalue weighted by atomic mass is 10.1. The number of amides is 2. The molecule has 2 aromatic carbocycles. The van der Waals surface area contributed by atoms with Gasteiger partial charge in [0.25, 0.3) is 5.91 Å². The van der Waals surface area contributed by atoms with E-state index >= 15 is 0 Å². The Labute approximate surface area is 182 Å². The first-order chi connectivity index (χ1) is 14.3. The van der Waals surface area contributed by atoms with E-state index in [4.69, 9.17) is 16.3 Å². The smallest absolute Gasteiger partial charge is 0.261 e. The van der Waals surface area contributed by atoms with E-state index in [1.54, 1.807) is 36.4 Å². The molecule has 1 unspecified atom stereocenters. The fraction of sp³-hybridized carbons (Fsp3) is 0.391. The van der Waals surface area contributed by atoms with Gasteiger partial charge in [0.1, 0.15) is 17.6 Å². The van der Waals surface area contributed by atoms with Crippen LogP contribution in [0, 0.1) is 11.7 Å². The van der Waals surface area contributed by atoms with Crippen molar-refractivity contribution in [2.75, 3.05) is 13.2 Å². The maximum absolute atomic E-state index is 13.3. The van der Waals surface area contributed by atoms with E-state index in [9.17, 15) is 14.0 Å². The molecule has 0 fully saturated rings. The zero-order valence-electron chi connectivity index (χ0n) is 17.5. The minimum atomic E-state index is -0.670. The minimum Gasteiger partial charge on any atom is -0.482 e. The normalized spacial score (nSPS) is 11.8. The van der Waals surface area contributed by atoms with Gasteiger partial charge in [-0.25, -0.2) is 4.39 Å². The van der Waals surface area contributed by atoms with Gasteiger partial charge in [-0.1, -0.05) is 56.6 Å². The first kappa shape index (κ1) is 23.7. The van der Waals surface area contributed by atoms with E-state index in [0.717, 1.165) is 5.56 Å². The Balaban J connectivity index is 2.19. The van der Waals surface area contributed by atoms with Gasteiger partial charge in [-0.05, 0) is 42.2 Å². The molecule has 2 amide bonds. The van der Waals surface area contributed by atoms with Gasteiger partial charge in [0.05, 0.1) is 5.02 Å². The van der Waals surface area contributed by atoms with Crippen molar-refractivity contribution in [2.24, 2.45) is 5.92 Å². The number of nitrogens with one attached hydrogen (secondary N) is 1. The lowest BCUT2D eigenvalue weighted by Gasteiger charge is -2.30. The van der Waals surface area contributed by atoms with E-state index in [1.165, 1.54) is 17.0 Å². The molecule has 0 aliphatic rings. The molecular formula is C23H28ClFN2O3. The predicted molar refractivity (Wildman–Crippen MR) is 116 cm³/mol. The first-order valence-corrected chi connectivity index (χ1v) is 10.4. The number of nitrogens with zero attached hydrogens (tertiary/aromatic N) is 1. The summed E-state index contributed by atoms with van der Waals surface area (Å²) in [5, 5.41) is 3.29. The molecule has 0 heterocycles. The molecule has 0 aliphatic heterocycles. The molecule has 0 bridgehead atoms. The summed E-state index contributed by atoms with van der Waals surface area (Å²) in [7, 11) is 0. The molecule has 0 spiro atoms. The van der Waals surface area contributed by atoms with Crippen molar-refractivity contribution in [3.63, 3.8) is 0 Å². The second-order valence-corrected chi connectivity index (χ2v) is 7.84. The highest BCUT2D eigenvalue weighted by atomic mass is 35.5. The average Bonchev–Trinajstić information content (AvgIpc) is 2.72. The third-order valence-electron chi connectivity index (χ3n) is 4.52. The first-order valence-electron chi connectivity index (χ1n) is 10.0. The molecule has 0 aliphatic carbocycles. The van der Waals surface area contributed by atoms with Crippen molar-refractivity contribution in [1.82, 2.24) is 10.2 Å². The highest BCUT2D eigenvalue weighted by Crippen LogP contribution is 2.23. The summed E-state index contributed by atoms with van der Waals surface area (Å²) in [6.45, 7) is 6.27. The molecule has 30 heavy (non-hydrogen) atoms. The van der Waals surface area contributed by atoms with Crippen molar-refractivity contribution < 1.29 is 18.7 Å². The minimum absolute atomic E-state index is 0.165. The summed E-state index contributed by atoms with van der Waals surface area (Å²) < 4.78 is 18.9. The summed E-state index contributed by atoms with van der Waals surface area (Å²) in [6, 6.07) is 12.1. The molecule has 1 atom stereocenters. The Morgan fingerprint density at radius 2 is 1.80 bits per heavy atom. The second-order valence-electron chi connectivity index (χ2n) is 7.43. The van der Waals surface area contributed by atoms with Crippen LogP contribution in [0.4, 0.5) is 4.39 Å². The van der Waals surface area contributed by atoms with Gasteiger partial charge in [-0.15, -0.1) is 0 Å². The fourth-order valence-corrected chi connectivity index (χ4v) is 3.10. The molecule has 1 N–H and O–H groups in total. The van der Waals surface area contributed by atoms with Crippen LogP contribution in [-0.4, -0.2) is 35.9 Å². The number of ether oxygens (including phenoxy) is 1. The van der Waals surface area contributed by atoms with Crippen molar-refractivity contribution in [3.8, 4) is 5.75 Å². The Morgan fingerprint density at radius 1 is 1.13 bits per heavy atom. The zero-order chi connectivity index (χ0) is 22.1. The topological polar surface area (TPSA) is 58.6 Å². The van der Waals surface area contributed by atoms with Crippen LogP contribution in [0.15, 0.2) is 48.5 Å². The Bertz CT molecular complexity index is 843. The van der Waals surface area contributed by atoms with Crippen LogP contribution in [0.1, 0.15) is 32.8 Å². The highest BCUT2D eigenvalue weighted by molar-refractivity contribution is 6.32. The molecule has 5 nitrogen and oxygen atoms in total. The van der Waals surface area contributed by atoms with Gasteiger partial charge in [0, 0.05) is 13.1 Å². The number of carbonyl (C=O) groups is 2. The van der Waals surface area contributed by atoms with Crippen LogP contribution in [0.25, 0.3) is 0 Å². The largest absolute Gasteiger partial charge is 0.482 e. The van der Waals surface area contributed by atoms with Crippen molar-refractivity contribution in [2.45, 2.75) is 39.8 Å². The van der Waals surface area contributed by atoms with Crippen LogP contribution < -0.4 is 10.1 Å². The van der Waals surface area contributed by atoms with E-state index in [0.29, 0.717) is 23.7 Å². The maximum atomic E-state index is 13.3. The van der Waals surface area contributed by atoms with E-state index in [2.05, 4.69) is 5.32 Å². The van der Waals surface area contributed by atoms with Gasteiger partial charge in [0.15, 0.2) is 6.61 Å². The Kier molecular flexibility index (Phi) is 9.12. The van der Waals surface area contributed by atoms with Gasteiger partial charge < -0.3 is 15.0 Å².